The van der Waals surface area contributed by atoms with E-state index in [1.165, 1.54) is 0 Å². The summed E-state index contributed by atoms with van der Waals surface area (Å²) in [5, 5.41) is 3.49. The van der Waals surface area contributed by atoms with Crippen molar-refractivity contribution in [2.75, 3.05) is 6.54 Å². The van der Waals surface area contributed by atoms with Crippen molar-refractivity contribution >= 4 is 0 Å². The zero-order valence-corrected chi connectivity index (χ0v) is 11.2. The molecular weight excluding hydrogens is 213 g/mol. The summed E-state index contributed by atoms with van der Waals surface area (Å²) in [6, 6.07) is 7.48. The number of halogens is 1. The Morgan fingerprint density at radius 2 is 1.76 bits per heavy atom. The van der Waals surface area contributed by atoms with E-state index in [2.05, 4.69) is 26.1 Å². The minimum absolute atomic E-state index is 0.0821. The highest BCUT2D eigenvalue weighted by Gasteiger charge is 2.18. The number of nitrogens with one attached hydrogen (secondary N) is 1. The first-order valence-corrected chi connectivity index (χ1v) is 6.69. The van der Waals surface area contributed by atoms with E-state index in [0.717, 1.165) is 31.4 Å². The molecule has 0 saturated heterocycles. The highest BCUT2D eigenvalue weighted by Crippen LogP contribution is 2.18. The molecule has 0 aliphatic carbocycles. The van der Waals surface area contributed by atoms with E-state index in [1.807, 2.05) is 12.1 Å². The minimum atomic E-state index is -0.0821. The maximum Gasteiger partial charge on any atom is 0.126 e. The molecule has 1 unspecified atom stereocenters. The summed E-state index contributed by atoms with van der Waals surface area (Å²) >= 11 is 0. The fraction of sp³-hybridized carbons (Fsp3) is 0.600. The van der Waals surface area contributed by atoms with Crippen LogP contribution in [0, 0.1) is 11.7 Å². The quantitative estimate of drug-likeness (QED) is 0.761. The van der Waals surface area contributed by atoms with Crippen molar-refractivity contribution < 1.29 is 4.39 Å². The Labute approximate surface area is 104 Å². The molecule has 2 heteroatoms. The van der Waals surface area contributed by atoms with Gasteiger partial charge < -0.3 is 5.32 Å². The molecule has 1 N–H and O–H groups in total. The SMILES string of the molecule is CCNC(Cc1ccccc1F)C(CC)CC. The van der Waals surface area contributed by atoms with Crippen molar-refractivity contribution in [1.82, 2.24) is 5.32 Å². The lowest BCUT2D eigenvalue weighted by atomic mass is 9.89. The third kappa shape index (κ3) is 4.12. The van der Waals surface area contributed by atoms with Crippen LogP contribution in [0.25, 0.3) is 0 Å². The van der Waals surface area contributed by atoms with Gasteiger partial charge in [-0.3, -0.25) is 0 Å². The molecule has 1 nitrogen and oxygen atoms in total. The van der Waals surface area contributed by atoms with Crippen LogP contribution < -0.4 is 5.32 Å². The van der Waals surface area contributed by atoms with Gasteiger partial charge in [0.05, 0.1) is 0 Å². The molecule has 0 fully saturated rings. The topological polar surface area (TPSA) is 12.0 Å². The molecule has 1 aromatic rings. The Morgan fingerprint density at radius 3 is 2.29 bits per heavy atom. The first-order valence-electron chi connectivity index (χ1n) is 6.69. The molecule has 0 bridgehead atoms. The molecule has 0 aromatic heterocycles. The van der Waals surface area contributed by atoms with Gasteiger partial charge in [0.25, 0.3) is 0 Å². The third-order valence-corrected chi connectivity index (χ3v) is 3.48. The molecule has 0 radical (unpaired) electrons. The molecule has 0 saturated carbocycles. The molecule has 0 heterocycles. The van der Waals surface area contributed by atoms with Crippen LogP contribution >= 0.6 is 0 Å². The van der Waals surface area contributed by atoms with E-state index >= 15 is 0 Å². The second-order valence-corrected chi connectivity index (χ2v) is 4.54. The lowest BCUT2D eigenvalue weighted by molar-refractivity contribution is 0.334. The Hall–Kier alpha value is -0.890. The maximum atomic E-state index is 13.6. The van der Waals surface area contributed by atoms with Crippen molar-refractivity contribution in [1.29, 1.82) is 0 Å². The van der Waals surface area contributed by atoms with Crippen LogP contribution in [0.15, 0.2) is 24.3 Å². The first-order chi connectivity index (χ1) is 8.22. The fourth-order valence-electron chi connectivity index (χ4n) is 2.43. The highest BCUT2D eigenvalue weighted by molar-refractivity contribution is 5.18. The normalized spacial score (nSPS) is 13.0. The van der Waals surface area contributed by atoms with Gasteiger partial charge in [0.2, 0.25) is 0 Å². The van der Waals surface area contributed by atoms with Crippen molar-refractivity contribution in [3.63, 3.8) is 0 Å². The molecule has 1 rings (SSSR count). The van der Waals surface area contributed by atoms with Crippen molar-refractivity contribution in [2.45, 2.75) is 46.1 Å². The van der Waals surface area contributed by atoms with Gasteiger partial charge in [-0.2, -0.15) is 0 Å². The van der Waals surface area contributed by atoms with Crippen LogP contribution in [0.5, 0.6) is 0 Å². The Balaban J connectivity index is 2.75. The van der Waals surface area contributed by atoms with Gasteiger partial charge in [0.1, 0.15) is 5.82 Å². The zero-order chi connectivity index (χ0) is 12.7. The number of hydrogen-bond acceptors (Lipinski definition) is 1. The third-order valence-electron chi connectivity index (χ3n) is 3.48. The van der Waals surface area contributed by atoms with E-state index in [4.69, 9.17) is 0 Å². The summed E-state index contributed by atoms with van der Waals surface area (Å²) in [4.78, 5) is 0. The standard InChI is InChI=1S/C15H24FN/c1-4-12(5-2)15(17-6-3)11-13-9-7-8-10-14(13)16/h7-10,12,15,17H,4-6,11H2,1-3H3. The van der Waals surface area contributed by atoms with Crippen LogP contribution in [-0.4, -0.2) is 12.6 Å². The average molecular weight is 237 g/mol. The Bertz CT molecular complexity index is 320. The van der Waals surface area contributed by atoms with E-state index < -0.39 is 0 Å². The van der Waals surface area contributed by atoms with Crippen molar-refractivity contribution in [3.8, 4) is 0 Å². The van der Waals surface area contributed by atoms with Crippen molar-refractivity contribution in [3.05, 3.63) is 35.6 Å². The Morgan fingerprint density at radius 1 is 1.12 bits per heavy atom. The molecule has 17 heavy (non-hydrogen) atoms. The summed E-state index contributed by atoms with van der Waals surface area (Å²) in [5.41, 5.74) is 0.824. The van der Waals surface area contributed by atoms with Crippen molar-refractivity contribution in [2.24, 2.45) is 5.92 Å². The lowest BCUT2D eigenvalue weighted by Crippen LogP contribution is -2.37. The monoisotopic (exact) mass is 237 g/mol. The zero-order valence-electron chi connectivity index (χ0n) is 11.2. The number of benzene rings is 1. The predicted molar refractivity (Wildman–Crippen MR) is 71.6 cm³/mol. The van der Waals surface area contributed by atoms with E-state index in [1.54, 1.807) is 12.1 Å². The predicted octanol–water partition coefficient (Wildman–Crippen LogP) is 3.78. The molecule has 96 valence electrons. The van der Waals surface area contributed by atoms with E-state index in [-0.39, 0.29) is 5.82 Å². The van der Waals surface area contributed by atoms with Crippen LogP contribution in [0.4, 0.5) is 4.39 Å². The van der Waals surface area contributed by atoms with Crippen LogP contribution in [0.2, 0.25) is 0 Å². The van der Waals surface area contributed by atoms with Gasteiger partial charge in [-0.25, -0.2) is 4.39 Å². The number of hydrogen-bond donors (Lipinski definition) is 1. The van der Waals surface area contributed by atoms with Crippen LogP contribution in [-0.2, 0) is 6.42 Å². The minimum Gasteiger partial charge on any atom is -0.314 e. The molecule has 0 amide bonds. The molecule has 1 aromatic carbocycles. The second kappa shape index (κ2) is 7.44. The summed E-state index contributed by atoms with van der Waals surface area (Å²) in [6.45, 7) is 7.46. The smallest absolute Gasteiger partial charge is 0.126 e. The molecular formula is C15H24FN. The number of rotatable bonds is 7. The van der Waals surface area contributed by atoms with Gasteiger partial charge in [-0.05, 0) is 30.5 Å². The second-order valence-electron chi connectivity index (χ2n) is 4.54. The number of likely N-dealkylation sites (N-methyl/N-ethyl adjacent to an activating group) is 1. The summed E-state index contributed by atoms with van der Waals surface area (Å²) < 4.78 is 13.6. The lowest BCUT2D eigenvalue weighted by Gasteiger charge is -2.26. The van der Waals surface area contributed by atoms with Gasteiger partial charge in [-0.15, -0.1) is 0 Å². The first kappa shape index (κ1) is 14.2. The van der Waals surface area contributed by atoms with Gasteiger partial charge >= 0.3 is 0 Å². The maximum absolute atomic E-state index is 13.6. The van der Waals surface area contributed by atoms with E-state index in [9.17, 15) is 4.39 Å². The largest absolute Gasteiger partial charge is 0.314 e. The molecule has 0 aliphatic heterocycles. The summed E-state index contributed by atoms with van der Waals surface area (Å²) in [6.07, 6.45) is 3.07. The summed E-state index contributed by atoms with van der Waals surface area (Å²) in [5.74, 6) is 0.538. The average Bonchev–Trinajstić information content (AvgIpc) is 2.34. The molecule has 1 atom stereocenters. The fourth-order valence-corrected chi connectivity index (χ4v) is 2.43. The van der Waals surface area contributed by atoms with Crippen LogP contribution in [0.1, 0.15) is 39.2 Å². The molecule has 0 spiro atoms. The van der Waals surface area contributed by atoms with Crippen LogP contribution in [0.3, 0.4) is 0 Å². The van der Waals surface area contributed by atoms with Gasteiger partial charge in [-0.1, -0.05) is 51.8 Å². The highest BCUT2D eigenvalue weighted by atomic mass is 19.1. The van der Waals surface area contributed by atoms with Gasteiger partial charge in [0, 0.05) is 6.04 Å². The Kier molecular flexibility index (Phi) is 6.20. The molecule has 0 aliphatic rings. The van der Waals surface area contributed by atoms with Gasteiger partial charge in [0.15, 0.2) is 0 Å². The summed E-state index contributed by atoms with van der Waals surface area (Å²) in [7, 11) is 0. The van der Waals surface area contributed by atoms with E-state index in [0.29, 0.717) is 12.0 Å².